The molecule has 0 unspecified atom stereocenters. The third kappa shape index (κ3) is 4.35. The monoisotopic (exact) mass is 284 g/mol. The Morgan fingerprint density at radius 2 is 1.67 bits per heavy atom. The van der Waals surface area contributed by atoms with E-state index in [4.69, 9.17) is 9.84 Å². The molecule has 1 N–H and O–H groups in total. The van der Waals surface area contributed by atoms with E-state index in [2.05, 4.69) is 6.92 Å². The van der Waals surface area contributed by atoms with Crippen LogP contribution in [0.4, 0.5) is 0 Å². The van der Waals surface area contributed by atoms with Crippen molar-refractivity contribution in [1.29, 1.82) is 0 Å². The molecular weight excluding hydrogens is 264 g/mol. The Labute approximate surface area is 125 Å². The van der Waals surface area contributed by atoms with Crippen molar-refractivity contribution in [2.45, 2.75) is 25.7 Å². The van der Waals surface area contributed by atoms with Crippen LogP contribution < -0.4 is 4.74 Å². The van der Waals surface area contributed by atoms with Crippen LogP contribution in [0.2, 0.25) is 0 Å². The maximum Gasteiger partial charge on any atom is 0.304 e. The zero-order valence-corrected chi connectivity index (χ0v) is 12.2. The van der Waals surface area contributed by atoms with Crippen LogP contribution in [0, 0.1) is 0 Å². The van der Waals surface area contributed by atoms with Gasteiger partial charge >= 0.3 is 5.97 Å². The fraction of sp³-hybridized carbons (Fsp3) is 0.278. The maximum absolute atomic E-state index is 11.1. The first kappa shape index (κ1) is 15.1. The molecule has 3 nitrogen and oxygen atoms in total. The summed E-state index contributed by atoms with van der Waals surface area (Å²) in [7, 11) is 0. The van der Waals surface area contributed by atoms with Crippen LogP contribution in [0.25, 0.3) is 0 Å². The predicted molar refractivity (Wildman–Crippen MR) is 82.8 cm³/mol. The molecule has 0 fully saturated rings. The lowest BCUT2D eigenvalue weighted by atomic mass is 9.88. The fourth-order valence-electron chi connectivity index (χ4n) is 2.30. The van der Waals surface area contributed by atoms with E-state index in [0.29, 0.717) is 6.61 Å². The summed E-state index contributed by atoms with van der Waals surface area (Å²) in [6.07, 6.45) is 1.05. The lowest BCUT2D eigenvalue weighted by molar-refractivity contribution is -0.137. The number of ether oxygens (including phenoxy) is 1. The molecule has 3 heteroatoms. The van der Waals surface area contributed by atoms with Gasteiger partial charge in [-0.2, -0.15) is 0 Å². The van der Waals surface area contributed by atoms with Crippen LogP contribution >= 0.6 is 0 Å². The number of carboxylic acids is 1. The van der Waals surface area contributed by atoms with Gasteiger partial charge in [0.2, 0.25) is 0 Å². The van der Waals surface area contributed by atoms with Crippen molar-refractivity contribution < 1.29 is 14.6 Å². The van der Waals surface area contributed by atoms with Crippen molar-refractivity contribution in [2.75, 3.05) is 6.61 Å². The second-order valence-corrected chi connectivity index (χ2v) is 4.98. The number of aliphatic carboxylic acids is 1. The summed E-state index contributed by atoms with van der Waals surface area (Å²) in [5.41, 5.74) is 2.01. The Morgan fingerprint density at radius 3 is 2.24 bits per heavy atom. The Kier molecular flexibility index (Phi) is 5.38. The van der Waals surface area contributed by atoms with Gasteiger partial charge in [-0.3, -0.25) is 4.79 Å². The van der Waals surface area contributed by atoms with Gasteiger partial charge in [0.1, 0.15) is 5.75 Å². The number of hydrogen-bond acceptors (Lipinski definition) is 2. The van der Waals surface area contributed by atoms with Crippen LogP contribution in [-0.4, -0.2) is 17.7 Å². The van der Waals surface area contributed by atoms with E-state index in [1.807, 2.05) is 54.6 Å². The molecule has 2 aromatic rings. The third-order valence-electron chi connectivity index (χ3n) is 3.34. The number of benzene rings is 2. The summed E-state index contributed by atoms with van der Waals surface area (Å²) in [5, 5.41) is 9.15. The van der Waals surface area contributed by atoms with E-state index >= 15 is 0 Å². The molecule has 21 heavy (non-hydrogen) atoms. The molecule has 0 amide bonds. The Hall–Kier alpha value is -2.29. The number of rotatable bonds is 7. The molecule has 0 aliphatic rings. The third-order valence-corrected chi connectivity index (χ3v) is 3.34. The van der Waals surface area contributed by atoms with Gasteiger partial charge in [0, 0.05) is 5.92 Å². The normalized spacial score (nSPS) is 11.9. The number of carbonyl (C=O) groups is 1. The minimum absolute atomic E-state index is 0.0825. The van der Waals surface area contributed by atoms with Crippen LogP contribution in [0.1, 0.15) is 36.8 Å². The molecule has 1 atom stereocenters. The molecule has 0 saturated heterocycles. The van der Waals surface area contributed by atoms with Gasteiger partial charge in [-0.25, -0.2) is 0 Å². The van der Waals surface area contributed by atoms with Crippen molar-refractivity contribution in [3.05, 3.63) is 65.7 Å². The highest BCUT2D eigenvalue weighted by molar-refractivity contribution is 5.69. The van der Waals surface area contributed by atoms with Crippen LogP contribution in [0.5, 0.6) is 5.75 Å². The topological polar surface area (TPSA) is 46.5 Å². The van der Waals surface area contributed by atoms with Crippen molar-refractivity contribution in [3.8, 4) is 5.75 Å². The van der Waals surface area contributed by atoms with Crippen LogP contribution in [0.3, 0.4) is 0 Å². The average Bonchev–Trinajstić information content (AvgIpc) is 2.52. The first-order chi connectivity index (χ1) is 10.2. The number of carboxylic acid groups (broad SMARTS) is 1. The van der Waals surface area contributed by atoms with Gasteiger partial charge in [-0.1, -0.05) is 49.4 Å². The summed E-state index contributed by atoms with van der Waals surface area (Å²) < 4.78 is 5.56. The lowest BCUT2D eigenvalue weighted by Gasteiger charge is -2.16. The maximum atomic E-state index is 11.1. The highest BCUT2D eigenvalue weighted by Gasteiger charge is 2.17. The standard InChI is InChI=1S/C18H20O3/c1-2-12-21-16-10-8-15(9-11-16)17(13-18(19)20)14-6-4-3-5-7-14/h3-11,17H,2,12-13H2,1H3,(H,19,20)/t17-/m1/s1. The zero-order valence-electron chi connectivity index (χ0n) is 12.2. The van der Waals surface area contributed by atoms with E-state index in [1.54, 1.807) is 0 Å². The summed E-state index contributed by atoms with van der Waals surface area (Å²) in [5.74, 6) is -0.109. The molecule has 0 heterocycles. The van der Waals surface area contributed by atoms with Crippen molar-refractivity contribution in [3.63, 3.8) is 0 Å². The van der Waals surface area contributed by atoms with Gasteiger partial charge in [0.15, 0.2) is 0 Å². The van der Waals surface area contributed by atoms with Crippen LogP contribution in [-0.2, 0) is 4.79 Å². The summed E-state index contributed by atoms with van der Waals surface area (Å²) in [6.45, 7) is 2.75. The van der Waals surface area contributed by atoms with Crippen molar-refractivity contribution in [1.82, 2.24) is 0 Å². The molecule has 0 aliphatic carbocycles. The summed E-state index contributed by atoms with van der Waals surface area (Å²) in [4.78, 5) is 11.1. The van der Waals surface area contributed by atoms with E-state index in [9.17, 15) is 4.79 Å². The van der Waals surface area contributed by atoms with E-state index < -0.39 is 5.97 Å². The smallest absolute Gasteiger partial charge is 0.304 e. The van der Waals surface area contributed by atoms with Gasteiger partial charge in [0.05, 0.1) is 13.0 Å². The lowest BCUT2D eigenvalue weighted by Crippen LogP contribution is -2.08. The molecule has 0 spiro atoms. The van der Waals surface area contributed by atoms with E-state index in [1.165, 1.54) is 0 Å². The van der Waals surface area contributed by atoms with E-state index in [0.717, 1.165) is 23.3 Å². The first-order valence-corrected chi connectivity index (χ1v) is 7.20. The molecular formula is C18H20O3. The van der Waals surface area contributed by atoms with Gasteiger partial charge in [0.25, 0.3) is 0 Å². The molecule has 0 saturated carbocycles. The highest BCUT2D eigenvalue weighted by Crippen LogP contribution is 2.29. The Morgan fingerprint density at radius 1 is 1.05 bits per heavy atom. The molecule has 0 bridgehead atoms. The van der Waals surface area contributed by atoms with Gasteiger partial charge < -0.3 is 9.84 Å². The second-order valence-electron chi connectivity index (χ2n) is 4.98. The highest BCUT2D eigenvalue weighted by atomic mass is 16.5. The van der Waals surface area contributed by atoms with Gasteiger partial charge in [-0.05, 0) is 29.7 Å². The molecule has 2 rings (SSSR count). The molecule has 110 valence electrons. The quantitative estimate of drug-likeness (QED) is 0.833. The molecule has 0 aliphatic heterocycles. The first-order valence-electron chi connectivity index (χ1n) is 7.20. The Bertz CT molecular complexity index is 561. The Balaban J connectivity index is 2.22. The average molecular weight is 284 g/mol. The summed E-state index contributed by atoms with van der Waals surface area (Å²) >= 11 is 0. The van der Waals surface area contributed by atoms with Crippen molar-refractivity contribution in [2.24, 2.45) is 0 Å². The largest absolute Gasteiger partial charge is 0.494 e. The number of hydrogen-bond donors (Lipinski definition) is 1. The van der Waals surface area contributed by atoms with Crippen molar-refractivity contribution >= 4 is 5.97 Å². The van der Waals surface area contributed by atoms with Crippen LogP contribution in [0.15, 0.2) is 54.6 Å². The molecule has 0 radical (unpaired) electrons. The second kappa shape index (κ2) is 7.48. The van der Waals surface area contributed by atoms with Gasteiger partial charge in [-0.15, -0.1) is 0 Å². The zero-order chi connectivity index (χ0) is 15.1. The minimum Gasteiger partial charge on any atom is -0.494 e. The van der Waals surface area contributed by atoms with E-state index in [-0.39, 0.29) is 12.3 Å². The SMILES string of the molecule is CCCOc1ccc([C@H](CC(=O)O)c2ccccc2)cc1. The fourth-order valence-corrected chi connectivity index (χ4v) is 2.30. The molecule has 2 aromatic carbocycles. The minimum atomic E-state index is -0.796. The summed E-state index contributed by atoms with van der Waals surface area (Å²) in [6, 6.07) is 17.4. The molecule has 0 aromatic heterocycles. The predicted octanol–water partition coefficient (Wildman–Crippen LogP) is 4.08.